The van der Waals surface area contributed by atoms with Crippen molar-refractivity contribution < 1.29 is 19.1 Å². The number of nitrogens with zero attached hydrogens (tertiary/aromatic N) is 4. The van der Waals surface area contributed by atoms with E-state index in [2.05, 4.69) is 33.0 Å². The highest BCUT2D eigenvalue weighted by atomic mass is 16.6. The Hall–Kier alpha value is -3.13. The number of fused-ring (bicyclic) bond motifs is 1. The Morgan fingerprint density at radius 1 is 1.03 bits per heavy atom. The summed E-state index contributed by atoms with van der Waals surface area (Å²) in [6.45, 7) is 14.9. The molecule has 0 bridgehead atoms. The van der Waals surface area contributed by atoms with E-state index >= 15 is 0 Å². The van der Waals surface area contributed by atoms with Gasteiger partial charge in [0.15, 0.2) is 0 Å². The maximum Gasteiger partial charge on any atom is 0.410 e. The average Bonchev–Trinajstić information content (AvgIpc) is 2.83. The van der Waals surface area contributed by atoms with E-state index in [1.807, 2.05) is 34.6 Å². The number of benzene rings is 1. The van der Waals surface area contributed by atoms with Crippen molar-refractivity contribution in [3.05, 3.63) is 58.8 Å². The van der Waals surface area contributed by atoms with Crippen molar-refractivity contribution in [2.45, 2.75) is 65.8 Å². The van der Waals surface area contributed by atoms with Crippen molar-refractivity contribution in [3.63, 3.8) is 0 Å². The monoisotopic (exact) mass is 494 g/mol. The van der Waals surface area contributed by atoms with Gasteiger partial charge in [0.25, 0.3) is 0 Å². The fourth-order valence-electron chi connectivity index (χ4n) is 4.65. The van der Waals surface area contributed by atoms with Crippen molar-refractivity contribution in [1.29, 1.82) is 0 Å². The summed E-state index contributed by atoms with van der Waals surface area (Å²) in [5, 5.41) is 0. The van der Waals surface area contributed by atoms with E-state index in [1.165, 1.54) is 16.7 Å². The molecule has 1 aromatic heterocycles. The molecule has 0 saturated carbocycles. The fourth-order valence-corrected chi connectivity index (χ4v) is 4.65. The number of carbonyl (C=O) groups is 2. The molecule has 8 heteroatoms. The summed E-state index contributed by atoms with van der Waals surface area (Å²) >= 11 is 0. The quantitative estimate of drug-likeness (QED) is 0.575. The SMILES string of the molecule is CC(C)OC(=O)c1cccnc1N1CCN(Cc2ccc3c(c2)CCN(C(=O)OC(C)(C)C)C3)CC1. The van der Waals surface area contributed by atoms with E-state index in [-0.39, 0.29) is 18.2 Å². The lowest BCUT2D eigenvalue weighted by atomic mass is 9.97. The number of esters is 1. The first-order valence-corrected chi connectivity index (χ1v) is 12.8. The van der Waals surface area contributed by atoms with E-state index in [1.54, 1.807) is 23.2 Å². The second kappa shape index (κ2) is 10.9. The van der Waals surface area contributed by atoms with E-state index in [0.717, 1.165) is 39.1 Å². The fraction of sp³-hybridized carbons (Fsp3) is 0.536. The molecule has 1 fully saturated rings. The molecule has 1 saturated heterocycles. The van der Waals surface area contributed by atoms with Gasteiger partial charge in [-0.2, -0.15) is 0 Å². The van der Waals surface area contributed by atoms with Gasteiger partial charge >= 0.3 is 12.1 Å². The third kappa shape index (κ3) is 6.55. The summed E-state index contributed by atoms with van der Waals surface area (Å²) in [4.78, 5) is 35.9. The molecule has 1 aromatic carbocycles. The molecule has 0 aliphatic carbocycles. The maximum atomic E-state index is 12.5. The molecule has 0 N–H and O–H groups in total. The highest BCUT2D eigenvalue weighted by Crippen LogP contribution is 2.24. The van der Waals surface area contributed by atoms with Crippen LogP contribution in [-0.2, 0) is 29.0 Å². The van der Waals surface area contributed by atoms with Crippen molar-refractivity contribution in [3.8, 4) is 0 Å². The Labute approximate surface area is 214 Å². The number of rotatable bonds is 5. The topological polar surface area (TPSA) is 75.2 Å². The lowest BCUT2D eigenvalue weighted by molar-refractivity contribution is 0.0223. The van der Waals surface area contributed by atoms with Gasteiger partial charge in [-0.25, -0.2) is 14.6 Å². The predicted octanol–water partition coefficient (Wildman–Crippen LogP) is 4.26. The molecule has 8 nitrogen and oxygen atoms in total. The van der Waals surface area contributed by atoms with E-state index in [0.29, 0.717) is 24.5 Å². The van der Waals surface area contributed by atoms with Crippen LogP contribution < -0.4 is 4.90 Å². The molecule has 0 atom stereocenters. The van der Waals surface area contributed by atoms with Crippen LogP contribution in [0, 0.1) is 0 Å². The number of anilines is 1. The molecule has 0 spiro atoms. The van der Waals surface area contributed by atoms with Crippen LogP contribution in [0.4, 0.5) is 10.6 Å². The van der Waals surface area contributed by atoms with Gasteiger partial charge in [-0.05, 0) is 69.9 Å². The van der Waals surface area contributed by atoms with Crippen molar-refractivity contribution in [1.82, 2.24) is 14.8 Å². The average molecular weight is 495 g/mol. The van der Waals surface area contributed by atoms with Gasteiger partial charge in [0, 0.05) is 52.0 Å². The molecule has 2 aromatic rings. The van der Waals surface area contributed by atoms with Gasteiger partial charge < -0.3 is 19.3 Å². The second-order valence-corrected chi connectivity index (χ2v) is 10.8. The highest BCUT2D eigenvalue weighted by molar-refractivity contribution is 5.94. The molecule has 2 aliphatic rings. The Morgan fingerprint density at radius 3 is 2.47 bits per heavy atom. The van der Waals surface area contributed by atoms with Crippen LogP contribution in [0.5, 0.6) is 0 Å². The van der Waals surface area contributed by atoms with Gasteiger partial charge in [-0.3, -0.25) is 4.90 Å². The highest BCUT2D eigenvalue weighted by Gasteiger charge is 2.27. The van der Waals surface area contributed by atoms with Crippen LogP contribution in [0.15, 0.2) is 36.5 Å². The Kier molecular flexibility index (Phi) is 7.83. The number of amides is 1. The zero-order valence-corrected chi connectivity index (χ0v) is 22.1. The summed E-state index contributed by atoms with van der Waals surface area (Å²) in [5.41, 5.74) is 3.83. The normalized spacial score (nSPS) is 16.6. The van der Waals surface area contributed by atoms with Crippen LogP contribution in [0.3, 0.4) is 0 Å². The molecule has 36 heavy (non-hydrogen) atoms. The summed E-state index contributed by atoms with van der Waals surface area (Å²) in [7, 11) is 0. The molecular formula is C28H38N4O4. The Balaban J connectivity index is 1.33. The van der Waals surface area contributed by atoms with E-state index in [4.69, 9.17) is 9.47 Å². The number of ether oxygens (including phenoxy) is 2. The minimum absolute atomic E-state index is 0.167. The molecule has 1 amide bonds. The largest absolute Gasteiger partial charge is 0.459 e. The van der Waals surface area contributed by atoms with Gasteiger partial charge in [0.1, 0.15) is 17.0 Å². The minimum atomic E-state index is -0.485. The molecule has 0 radical (unpaired) electrons. The van der Waals surface area contributed by atoms with E-state index in [9.17, 15) is 9.59 Å². The number of aromatic nitrogens is 1. The first-order valence-electron chi connectivity index (χ1n) is 12.8. The summed E-state index contributed by atoms with van der Waals surface area (Å²) < 4.78 is 11.0. The number of hydrogen-bond donors (Lipinski definition) is 0. The van der Waals surface area contributed by atoms with Crippen molar-refractivity contribution >= 4 is 17.9 Å². The summed E-state index contributed by atoms with van der Waals surface area (Å²) in [6.07, 6.45) is 2.15. The molecule has 2 aliphatic heterocycles. The summed E-state index contributed by atoms with van der Waals surface area (Å²) in [5.74, 6) is 0.376. The first-order chi connectivity index (χ1) is 17.1. The standard InChI is InChI=1S/C28H38N4O4/c1-20(2)35-26(33)24-7-6-11-29-25(24)31-15-13-30(14-16-31)18-21-8-9-23-19-32(12-10-22(23)17-21)27(34)36-28(3,4)5/h6-9,11,17,20H,10,12-16,18-19H2,1-5H3. The molecular weight excluding hydrogens is 456 g/mol. The third-order valence-corrected chi connectivity index (χ3v) is 6.36. The molecule has 0 unspecified atom stereocenters. The first kappa shape index (κ1) is 25.9. The van der Waals surface area contributed by atoms with Crippen LogP contribution in [0.25, 0.3) is 0 Å². The van der Waals surface area contributed by atoms with Gasteiger partial charge in [-0.1, -0.05) is 18.2 Å². The maximum absolute atomic E-state index is 12.5. The third-order valence-electron chi connectivity index (χ3n) is 6.36. The number of pyridine rings is 1. The number of hydrogen-bond acceptors (Lipinski definition) is 7. The van der Waals surface area contributed by atoms with Crippen LogP contribution in [0.2, 0.25) is 0 Å². The Bertz CT molecular complexity index is 1090. The van der Waals surface area contributed by atoms with Crippen LogP contribution in [0.1, 0.15) is 61.7 Å². The van der Waals surface area contributed by atoms with Gasteiger partial charge in [0.2, 0.25) is 0 Å². The van der Waals surface area contributed by atoms with Gasteiger partial charge in [0.05, 0.1) is 6.10 Å². The lowest BCUT2D eigenvalue weighted by Gasteiger charge is -2.36. The van der Waals surface area contributed by atoms with Crippen molar-refractivity contribution in [2.75, 3.05) is 37.6 Å². The molecule has 3 heterocycles. The number of piperazine rings is 1. The molecule has 194 valence electrons. The molecule has 4 rings (SSSR count). The van der Waals surface area contributed by atoms with Crippen molar-refractivity contribution in [2.24, 2.45) is 0 Å². The zero-order chi connectivity index (χ0) is 25.9. The minimum Gasteiger partial charge on any atom is -0.459 e. The zero-order valence-electron chi connectivity index (χ0n) is 22.1. The lowest BCUT2D eigenvalue weighted by Crippen LogP contribution is -2.46. The van der Waals surface area contributed by atoms with Crippen LogP contribution >= 0.6 is 0 Å². The Morgan fingerprint density at radius 2 is 1.78 bits per heavy atom. The predicted molar refractivity (Wildman–Crippen MR) is 139 cm³/mol. The summed E-state index contributed by atoms with van der Waals surface area (Å²) in [6, 6.07) is 10.2. The van der Waals surface area contributed by atoms with Crippen LogP contribution in [-0.4, -0.2) is 71.3 Å². The van der Waals surface area contributed by atoms with Gasteiger partial charge in [-0.15, -0.1) is 0 Å². The smallest absolute Gasteiger partial charge is 0.410 e. The number of carbonyl (C=O) groups excluding carboxylic acids is 2. The second-order valence-electron chi connectivity index (χ2n) is 10.8. The van der Waals surface area contributed by atoms with E-state index < -0.39 is 5.60 Å².